The normalized spacial score (nSPS) is 10.6. The molecule has 0 radical (unpaired) electrons. The number of benzene rings is 2. The summed E-state index contributed by atoms with van der Waals surface area (Å²) in [6.07, 6.45) is 2.92. The predicted molar refractivity (Wildman–Crippen MR) is 102 cm³/mol. The Balaban J connectivity index is 2.22. The molecule has 0 saturated carbocycles. The summed E-state index contributed by atoms with van der Waals surface area (Å²) in [5, 5.41) is 0. The number of hydrogen-bond donors (Lipinski definition) is 0. The number of hydrogen-bond acceptors (Lipinski definition) is 3. The van der Waals surface area contributed by atoms with E-state index in [0.717, 1.165) is 29.2 Å². The molecule has 0 atom stereocenters. The summed E-state index contributed by atoms with van der Waals surface area (Å²) in [7, 11) is 3.37. The van der Waals surface area contributed by atoms with Crippen LogP contribution < -0.4 is 9.47 Å². The minimum Gasteiger partial charge on any atom is -0.497 e. The fraction of sp³-hybridized carbons (Fsp3) is 0.227. The van der Waals surface area contributed by atoms with Crippen LogP contribution in [-0.2, 0) is 6.42 Å². The third kappa shape index (κ3) is 3.36. The molecule has 25 heavy (non-hydrogen) atoms. The standard InChI is InChI=1S/C22H23NO2/c1-5-16-14-23-15(2)21(17-6-10-19(24-3)11-7-17)22(16)18-8-12-20(25-4)13-9-18/h6-14H,5H2,1-4H3. The third-order valence-electron chi connectivity index (χ3n) is 4.49. The van der Waals surface area contributed by atoms with Crippen molar-refractivity contribution in [3.63, 3.8) is 0 Å². The molecule has 0 unspecified atom stereocenters. The molecule has 0 aliphatic rings. The van der Waals surface area contributed by atoms with Crippen molar-refractivity contribution in [1.29, 1.82) is 0 Å². The van der Waals surface area contributed by atoms with E-state index in [0.29, 0.717) is 0 Å². The van der Waals surface area contributed by atoms with Gasteiger partial charge in [0.05, 0.1) is 14.2 Å². The van der Waals surface area contributed by atoms with Crippen molar-refractivity contribution in [3.05, 3.63) is 66.0 Å². The molecule has 128 valence electrons. The van der Waals surface area contributed by atoms with Gasteiger partial charge in [-0.2, -0.15) is 0 Å². The number of aromatic nitrogens is 1. The Morgan fingerprint density at radius 2 is 1.24 bits per heavy atom. The first-order valence-corrected chi connectivity index (χ1v) is 8.45. The minimum absolute atomic E-state index is 0.854. The van der Waals surface area contributed by atoms with Crippen molar-refractivity contribution in [2.24, 2.45) is 0 Å². The summed E-state index contributed by atoms with van der Waals surface area (Å²) < 4.78 is 10.6. The average molecular weight is 333 g/mol. The maximum Gasteiger partial charge on any atom is 0.118 e. The van der Waals surface area contributed by atoms with E-state index < -0.39 is 0 Å². The van der Waals surface area contributed by atoms with Gasteiger partial charge in [0.15, 0.2) is 0 Å². The molecule has 2 aromatic carbocycles. The number of aryl methyl sites for hydroxylation is 2. The largest absolute Gasteiger partial charge is 0.497 e. The van der Waals surface area contributed by atoms with Gasteiger partial charge in [-0.15, -0.1) is 0 Å². The number of methoxy groups -OCH3 is 2. The predicted octanol–water partition coefficient (Wildman–Crippen LogP) is 5.30. The van der Waals surface area contributed by atoms with Gasteiger partial charge in [-0.1, -0.05) is 31.2 Å². The molecule has 3 aromatic rings. The maximum atomic E-state index is 5.30. The maximum absolute atomic E-state index is 5.30. The van der Waals surface area contributed by atoms with Crippen molar-refractivity contribution in [2.75, 3.05) is 14.2 Å². The summed E-state index contributed by atoms with van der Waals surface area (Å²) in [5.41, 5.74) is 6.99. The van der Waals surface area contributed by atoms with Crippen molar-refractivity contribution >= 4 is 0 Å². The molecule has 0 N–H and O–H groups in total. The number of nitrogens with zero attached hydrogens (tertiary/aromatic N) is 1. The van der Waals surface area contributed by atoms with Gasteiger partial charge in [0.1, 0.15) is 11.5 Å². The fourth-order valence-electron chi connectivity index (χ4n) is 3.11. The lowest BCUT2D eigenvalue weighted by atomic mass is 9.89. The van der Waals surface area contributed by atoms with E-state index in [1.807, 2.05) is 30.5 Å². The van der Waals surface area contributed by atoms with E-state index in [1.54, 1.807) is 14.2 Å². The highest BCUT2D eigenvalue weighted by Crippen LogP contribution is 2.38. The van der Waals surface area contributed by atoms with E-state index in [1.165, 1.54) is 22.3 Å². The molecule has 0 amide bonds. The first-order valence-electron chi connectivity index (χ1n) is 8.45. The van der Waals surface area contributed by atoms with Crippen LogP contribution in [0.4, 0.5) is 0 Å². The Bertz CT molecular complexity index is 852. The van der Waals surface area contributed by atoms with E-state index in [2.05, 4.69) is 43.1 Å². The van der Waals surface area contributed by atoms with Gasteiger partial charge in [-0.3, -0.25) is 4.98 Å². The van der Waals surface area contributed by atoms with E-state index in [9.17, 15) is 0 Å². The lowest BCUT2D eigenvalue weighted by Crippen LogP contribution is -1.98. The van der Waals surface area contributed by atoms with Gasteiger partial charge >= 0.3 is 0 Å². The molecule has 3 heteroatoms. The highest BCUT2D eigenvalue weighted by Gasteiger charge is 2.15. The molecule has 0 aliphatic carbocycles. The zero-order valence-electron chi connectivity index (χ0n) is 15.2. The second-order valence-corrected chi connectivity index (χ2v) is 5.93. The first kappa shape index (κ1) is 17.0. The van der Waals surface area contributed by atoms with Gasteiger partial charge in [0.25, 0.3) is 0 Å². The molecule has 0 saturated heterocycles. The summed E-state index contributed by atoms with van der Waals surface area (Å²) in [6.45, 7) is 4.23. The highest BCUT2D eigenvalue weighted by molar-refractivity contribution is 5.87. The zero-order valence-corrected chi connectivity index (χ0v) is 15.2. The monoisotopic (exact) mass is 333 g/mol. The summed E-state index contributed by atoms with van der Waals surface area (Å²) in [4.78, 5) is 4.63. The van der Waals surface area contributed by atoms with Gasteiger partial charge in [-0.25, -0.2) is 0 Å². The van der Waals surface area contributed by atoms with Crippen LogP contribution in [0.25, 0.3) is 22.3 Å². The molecular formula is C22H23NO2. The molecule has 0 bridgehead atoms. The second kappa shape index (κ2) is 7.39. The van der Waals surface area contributed by atoms with E-state index >= 15 is 0 Å². The van der Waals surface area contributed by atoms with Crippen molar-refractivity contribution < 1.29 is 9.47 Å². The lowest BCUT2D eigenvalue weighted by molar-refractivity contribution is 0.414. The smallest absolute Gasteiger partial charge is 0.118 e. The lowest BCUT2D eigenvalue weighted by Gasteiger charge is -2.17. The molecule has 3 nitrogen and oxygen atoms in total. The topological polar surface area (TPSA) is 31.4 Å². The van der Waals surface area contributed by atoms with Crippen LogP contribution in [0.3, 0.4) is 0 Å². The zero-order chi connectivity index (χ0) is 17.8. The molecular weight excluding hydrogens is 310 g/mol. The summed E-state index contributed by atoms with van der Waals surface area (Å²) >= 11 is 0. The van der Waals surface area contributed by atoms with Crippen LogP contribution >= 0.6 is 0 Å². The average Bonchev–Trinajstić information content (AvgIpc) is 2.68. The van der Waals surface area contributed by atoms with Crippen LogP contribution in [0.5, 0.6) is 11.5 Å². The van der Waals surface area contributed by atoms with E-state index in [4.69, 9.17) is 9.47 Å². The van der Waals surface area contributed by atoms with Crippen molar-refractivity contribution in [2.45, 2.75) is 20.3 Å². The quantitative estimate of drug-likeness (QED) is 0.634. The molecule has 0 fully saturated rings. The number of rotatable bonds is 5. The third-order valence-corrected chi connectivity index (χ3v) is 4.49. The Labute approximate surface area is 149 Å². The highest BCUT2D eigenvalue weighted by atomic mass is 16.5. The van der Waals surface area contributed by atoms with Crippen LogP contribution in [0, 0.1) is 6.92 Å². The minimum atomic E-state index is 0.854. The number of ether oxygens (including phenoxy) is 2. The first-order chi connectivity index (χ1) is 12.2. The Morgan fingerprint density at radius 3 is 1.68 bits per heavy atom. The molecule has 0 aliphatic heterocycles. The molecule has 0 spiro atoms. The van der Waals surface area contributed by atoms with Gasteiger partial charge in [0.2, 0.25) is 0 Å². The van der Waals surface area contributed by atoms with Crippen LogP contribution in [-0.4, -0.2) is 19.2 Å². The van der Waals surface area contributed by atoms with Gasteiger partial charge in [-0.05, 0) is 59.9 Å². The van der Waals surface area contributed by atoms with Crippen molar-refractivity contribution in [1.82, 2.24) is 4.98 Å². The summed E-state index contributed by atoms with van der Waals surface area (Å²) in [6, 6.07) is 16.4. The Kier molecular flexibility index (Phi) is 5.03. The molecule has 1 heterocycles. The van der Waals surface area contributed by atoms with Crippen LogP contribution in [0.15, 0.2) is 54.7 Å². The SMILES string of the molecule is CCc1cnc(C)c(-c2ccc(OC)cc2)c1-c1ccc(OC)cc1. The van der Waals surface area contributed by atoms with Crippen LogP contribution in [0.1, 0.15) is 18.2 Å². The number of pyridine rings is 1. The Hall–Kier alpha value is -2.81. The molecule has 3 rings (SSSR count). The van der Waals surface area contributed by atoms with Crippen molar-refractivity contribution in [3.8, 4) is 33.8 Å². The van der Waals surface area contributed by atoms with Gasteiger partial charge < -0.3 is 9.47 Å². The fourth-order valence-corrected chi connectivity index (χ4v) is 3.11. The van der Waals surface area contributed by atoms with Crippen LogP contribution in [0.2, 0.25) is 0 Å². The Morgan fingerprint density at radius 1 is 0.760 bits per heavy atom. The van der Waals surface area contributed by atoms with E-state index in [-0.39, 0.29) is 0 Å². The molecule has 1 aromatic heterocycles. The van der Waals surface area contributed by atoms with Gasteiger partial charge in [0, 0.05) is 17.5 Å². The second-order valence-electron chi connectivity index (χ2n) is 5.93. The summed E-state index contributed by atoms with van der Waals surface area (Å²) in [5.74, 6) is 1.71.